The van der Waals surface area contributed by atoms with Gasteiger partial charge in [0.2, 0.25) is 0 Å². The number of hydrogen-bond donors (Lipinski definition) is 0. The van der Waals surface area contributed by atoms with Crippen molar-refractivity contribution in [2.24, 2.45) is 0 Å². The zero-order valence-corrected chi connectivity index (χ0v) is 22.7. The van der Waals surface area contributed by atoms with Crippen LogP contribution in [0.25, 0.3) is 0 Å². The average Bonchev–Trinajstić information content (AvgIpc) is 2.34. The number of allylic oxidation sites excluding steroid dienone is 1. The largest absolute Gasteiger partial charge is 0.433 e. The first-order chi connectivity index (χ1) is 11.0. The maximum absolute atomic E-state index is 6.58. The summed E-state index contributed by atoms with van der Waals surface area (Å²) in [6, 6.07) is 0.707. The van der Waals surface area contributed by atoms with Crippen molar-refractivity contribution in [3.05, 3.63) is 37.2 Å². The van der Waals surface area contributed by atoms with Crippen LogP contribution in [0.5, 0.6) is 0 Å². The molecule has 25 heavy (non-hydrogen) atoms. The Morgan fingerprint density at radius 2 is 0.920 bits per heavy atom. The van der Waals surface area contributed by atoms with Gasteiger partial charge in [-0.05, 0) is 58.9 Å². The van der Waals surface area contributed by atoms with Crippen LogP contribution in [0.3, 0.4) is 0 Å². The number of rotatable bonds is 12. The third kappa shape index (κ3) is 10.2. The van der Waals surface area contributed by atoms with E-state index in [1.165, 1.54) is 0 Å². The van der Waals surface area contributed by atoms with Gasteiger partial charge < -0.3 is 16.5 Å². The molecule has 0 aliphatic carbocycles. The molecule has 4 nitrogen and oxygen atoms in total. The molecule has 0 aromatic rings. The van der Waals surface area contributed by atoms with Gasteiger partial charge in [0.15, 0.2) is 16.6 Å². The van der Waals surface area contributed by atoms with E-state index in [1.807, 2.05) is 17.5 Å². The monoisotopic (exact) mass is 434 g/mol. The molecule has 0 atom stereocenters. The van der Waals surface area contributed by atoms with Gasteiger partial charge in [-0.1, -0.05) is 17.5 Å². The quantitative estimate of drug-likeness (QED) is 0.297. The Labute approximate surface area is 160 Å². The zero-order chi connectivity index (χ0) is 20.2. The van der Waals surface area contributed by atoms with Crippen LogP contribution in [0.4, 0.5) is 0 Å². The van der Waals surface area contributed by atoms with E-state index in [4.69, 9.17) is 16.5 Å². The molecule has 0 spiro atoms. The highest BCUT2D eigenvalue weighted by Crippen LogP contribution is 2.28. The van der Waals surface area contributed by atoms with E-state index < -0.39 is 42.3 Å². The first kappa shape index (κ1) is 25.1. The second-order valence-corrected chi connectivity index (χ2v) is 27.2. The Bertz CT molecular complexity index is 453. The summed E-state index contributed by atoms with van der Waals surface area (Å²) in [6.07, 6.45) is 1.88. The molecule has 0 heterocycles. The molecule has 0 unspecified atom stereocenters. The molecule has 0 aromatic carbocycles. The summed E-state index contributed by atoms with van der Waals surface area (Å²) >= 11 is 0. The van der Waals surface area contributed by atoms with Gasteiger partial charge >= 0.3 is 25.7 Å². The zero-order valence-electron chi connectivity index (χ0n) is 17.7. The smallest absolute Gasteiger partial charge is 0.321 e. The Kier molecular flexibility index (Phi) is 8.94. The van der Waals surface area contributed by atoms with Crippen LogP contribution >= 0.6 is 0 Å². The molecule has 9 heteroatoms. The SMILES string of the molecule is C=CC[Si](C)(O[Si](C)(C)O[Si](C)(C)C=C)O[Si](C)(C)O[Si](C)(C)C=C. The molecule has 0 saturated carbocycles. The lowest BCUT2D eigenvalue weighted by molar-refractivity contribution is 0.297. The lowest BCUT2D eigenvalue weighted by Gasteiger charge is -2.42. The summed E-state index contributed by atoms with van der Waals surface area (Å²) < 4.78 is 25.9. The standard InChI is InChI=1S/C16H38O4Si5/c1-13-16-25(12,19-23(8,9)17-21(4,5)14-2)20-24(10,11)18-22(6,7)15-3/h13-15H,1-3,16H2,4-12H3. The Balaban J connectivity index is 5.37. The number of hydrogen-bond acceptors (Lipinski definition) is 4. The maximum atomic E-state index is 6.58. The molecule has 146 valence electrons. The van der Waals surface area contributed by atoms with Crippen LogP contribution in [0.2, 0.25) is 65.0 Å². The molecule has 0 saturated heterocycles. The van der Waals surface area contributed by atoms with Crippen molar-refractivity contribution in [2.75, 3.05) is 0 Å². The molecule has 0 aromatic heterocycles. The molecule has 0 aliphatic heterocycles. The van der Waals surface area contributed by atoms with E-state index in [1.54, 1.807) is 0 Å². The summed E-state index contributed by atoms with van der Waals surface area (Å²) in [5, 5.41) is 0. The van der Waals surface area contributed by atoms with Crippen molar-refractivity contribution in [3.8, 4) is 0 Å². The molecule has 0 aliphatic rings. The predicted octanol–water partition coefficient (Wildman–Crippen LogP) is 5.58. The molecule has 0 radical (unpaired) electrons. The summed E-state index contributed by atoms with van der Waals surface area (Å²) in [6.45, 7) is 30.7. The second kappa shape index (κ2) is 8.89. The van der Waals surface area contributed by atoms with Gasteiger partial charge in [0.05, 0.1) is 0 Å². The molecule has 0 bridgehead atoms. The Hall–Kier alpha value is 0.144. The third-order valence-electron chi connectivity index (χ3n) is 3.44. The van der Waals surface area contributed by atoms with Crippen LogP contribution in [-0.4, -0.2) is 42.3 Å². The fourth-order valence-corrected chi connectivity index (χ4v) is 24.7. The maximum Gasteiger partial charge on any atom is 0.321 e. The van der Waals surface area contributed by atoms with E-state index in [0.29, 0.717) is 6.04 Å². The first-order valence-corrected chi connectivity index (χ1v) is 22.8. The molecular weight excluding hydrogens is 397 g/mol. The minimum atomic E-state index is -2.51. The van der Waals surface area contributed by atoms with Gasteiger partial charge in [0, 0.05) is 6.04 Å². The van der Waals surface area contributed by atoms with Crippen molar-refractivity contribution < 1.29 is 16.5 Å². The highest BCUT2D eigenvalue weighted by molar-refractivity contribution is 6.92. The van der Waals surface area contributed by atoms with E-state index in [9.17, 15) is 0 Å². The van der Waals surface area contributed by atoms with E-state index in [2.05, 4.69) is 78.7 Å². The fourth-order valence-electron chi connectivity index (χ4n) is 2.80. The highest BCUT2D eigenvalue weighted by atomic mass is 28.5. The van der Waals surface area contributed by atoms with Crippen molar-refractivity contribution in [1.29, 1.82) is 0 Å². The second-order valence-electron chi connectivity index (χ2n) is 8.45. The van der Waals surface area contributed by atoms with Crippen molar-refractivity contribution in [3.63, 3.8) is 0 Å². The van der Waals surface area contributed by atoms with Crippen molar-refractivity contribution >= 4 is 42.3 Å². The van der Waals surface area contributed by atoms with Gasteiger partial charge in [-0.3, -0.25) is 0 Å². The van der Waals surface area contributed by atoms with Crippen LogP contribution < -0.4 is 0 Å². The fraction of sp³-hybridized carbons (Fsp3) is 0.625. The topological polar surface area (TPSA) is 36.9 Å². The van der Waals surface area contributed by atoms with Gasteiger partial charge in [0.25, 0.3) is 0 Å². The van der Waals surface area contributed by atoms with Gasteiger partial charge in [-0.25, -0.2) is 0 Å². The lowest BCUT2D eigenvalue weighted by Crippen LogP contribution is -2.59. The molecule has 0 rings (SSSR count). The predicted molar refractivity (Wildman–Crippen MR) is 121 cm³/mol. The van der Waals surface area contributed by atoms with Gasteiger partial charge in [-0.15, -0.1) is 19.7 Å². The van der Waals surface area contributed by atoms with Crippen molar-refractivity contribution in [2.45, 2.75) is 65.0 Å². The lowest BCUT2D eigenvalue weighted by atomic mass is 10.8. The first-order valence-electron chi connectivity index (χ1n) is 8.70. The van der Waals surface area contributed by atoms with Crippen LogP contribution in [0.15, 0.2) is 37.2 Å². The molecule has 0 amide bonds. The van der Waals surface area contributed by atoms with E-state index in [0.717, 1.165) is 0 Å². The summed E-state index contributed by atoms with van der Waals surface area (Å²) in [7, 11) is -11.1. The average molecular weight is 435 g/mol. The van der Waals surface area contributed by atoms with Crippen molar-refractivity contribution in [1.82, 2.24) is 0 Å². The Morgan fingerprint density at radius 3 is 1.16 bits per heavy atom. The van der Waals surface area contributed by atoms with Gasteiger partial charge in [0.1, 0.15) is 0 Å². The third-order valence-corrected chi connectivity index (χ3v) is 22.0. The van der Waals surface area contributed by atoms with E-state index >= 15 is 0 Å². The summed E-state index contributed by atoms with van der Waals surface area (Å²) in [5.74, 6) is 0. The van der Waals surface area contributed by atoms with Crippen LogP contribution in [-0.2, 0) is 16.5 Å². The Morgan fingerprint density at radius 1 is 0.600 bits per heavy atom. The molecule has 0 fully saturated rings. The van der Waals surface area contributed by atoms with Crippen LogP contribution in [0, 0.1) is 0 Å². The minimum Gasteiger partial charge on any atom is -0.433 e. The molecule has 0 N–H and O–H groups in total. The minimum absolute atomic E-state index is 0.707. The van der Waals surface area contributed by atoms with E-state index in [-0.39, 0.29) is 0 Å². The summed E-state index contributed by atoms with van der Waals surface area (Å²) in [5.41, 5.74) is 3.89. The van der Waals surface area contributed by atoms with Crippen LogP contribution in [0.1, 0.15) is 0 Å². The summed E-state index contributed by atoms with van der Waals surface area (Å²) in [4.78, 5) is 0. The molecular formula is C16H38O4Si5. The normalized spacial score (nSPS) is 14.3. The highest BCUT2D eigenvalue weighted by Gasteiger charge is 2.47. The van der Waals surface area contributed by atoms with Gasteiger partial charge in [-0.2, -0.15) is 0 Å².